The molecule has 24 heavy (non-hydrogen) atoms. The number of aldehydes is 1. The van der Waals surface area contributed by atoms with E-state index in [2.05, 4.69) is 21.2 Å². The number of rotatable bonds is 5. The first-order chi connectivity index (χ1) is 11.3. The van der Waals surface area contributed by atoms with Crippen LogP contribution >= 0.6 is 15.9 Å². The van der Waals surface area contributed by atoms with Crippen molar-refractivity contribution in [1.82, 2.24) is 0 Å². The van der Waals surface area contributed by atoms with Crippen LogP contribution in [0.5, 0.6) is 5.75 Å². The standard InChI is InChI=1S/C16H11BrF3NO3/c1-8(24-13-5-2-10(17)6-9(13)7-22)16(23)21-12-4-3-11(18)14(19)15(12)20/h2-8H,1H3,(H,21,23)/t8-/m0/s1. The van der Waals surface area contributed by atoms with Crippen LogP contribution in [0.4, 0.5) is 18.9 Å². The second kappa shape index (κ2) is 7.48. The van der Waals surface area contributed by atoms with Crippen molar-refractivity contribution in [2.24, 2.45) is 0 Å². The van der Waals surface area contributed by atoms with Gasteiger partial charge in [-0.25, -0.2) is 13.2 Å². The van der Waals surface area contributed by atoms with Crippen LogP contribution in [0.2, 0.25) is 0 Å². The summed E-state index contributed by atoms with van der Waals surface area (Å²) >= 11 is 3.20. The number of anilines is 1. The minimum atomic E-state index is -1.68. The zero-order valence-electron chi connectivity index (χ0n) is 12.3. The third-order valence-corrected chi connectivity index (χ3v) is 3.56. The third kappa shape index (κ3) is 3.94. The molecule has 1 atom stereocenters. The summed E-state index contributed by atoms with van der Waals surface area (Å²) in [6.07, 6.45) is -0.558. The van der Waals surface area contributed by atoms with Gasteiger partial charge < -0.3 is 10.1 Å². The Balaban J connectivity index is 2.13. The van der Waals surface area contributed by atoms with Crippen LogP contribution in [0.25, 0.3) is 0 Å². The predicted octanol–water partition coefficient (Wildman–Crippen LogP) is 4.08. The smallest absolute Gasteiger partial charge is 0.265 e. The van der Waals surface area contributed by atoms with Gasteiger partial charge in [0.05, 0.1) is 11.3 Å². The Morgan fingerprint density at radius 2 is 1.92 bits per heavy atom. The van der Waals surface area contributed by atoms with E-state index in [1.54, 1.807) is 6.07 Å². The summed E-state index contributed by atoms with van der Waals surface area (Å²) < 4.78 is 45.6. The monoisotopic (exact) mass is 401 g/mol. The fourth-order valence-electron chi connectivity index (χ4n) is 1.82. The van der Waals surface area contributed by atoms with Crippen LogP contribution in [0.1, 0.15) is 17.3 Å². The van der Waals surface area contributed by atoms with Gasteiger partial charge >= 0.3 is 0 Å². The molecule has 2 rings (SSSR count). The normalized spacial score (nSPS) is 11.7. The SMILES string of the molecule is C[C@H](Oc1ccc(Br)cc1C=O)C(=O)Nc1ccc(F)c(F)c1F. The van der Waals surface area contributed by atoms with Gasteiger partial charge in [-0.15, -0.1) is 0 Å². The van der Waals surface area contributed by atoms with E-state index in [1.165, 1.54) is 19.1 Å². The molecular formula is C16H11BrF3NO3. The molecule has 0 aliphatic heterocycles. The molecular weight excluding hydrogens is 391 g/mol. The van der Waals surface area contributed by atoms with E-state index in [1.807, 2.05) is 0 Å². The van der Waals surface area contributed by atoms with Crippen molar-refractivity contribution in [2.75, 3.05) is 5.32 Å². The molecule has 0 fully saturated rings. The quantitative estimate of drug-likeness (QED) is 0.606. The maximum Gasteiger partial charge on any atom is 0.265 e. The molecule has 0 bridgehead atoms. The van der Waals surface area contributed by atoms with E-state index >= 15 is 0 Å². The van der Waals surface area contributed by atoms with Crippen molar-refractivity contribution in [1.29, 1.82) is 0 Å². The van der Waals surface area contributed by atoms with E-state index < -0.39 is 35.2 Å². The molecule has 4 nitrogen and oxygen atoms in total. The average molecular weight is 402 g/mol. The zero-order valence-corrected chi connectivity index (χ0v) is 13.9. The summed E-state index contributed by atoms with van der Waals surface area (Å²) in [6.45, 7) is 1.36. The number of hydrogen-bond donors (Lipinski definition) is 1. The van der Waals surface area contributed by atoms with E-state index in [0.29, 0.717) is 16.8 Å². The number of amides is 1. The van der Waals surface area contributed by atoms with E-state index in [4.69, 9.17) is 4.74 Å². The number of nitrogens with one attached hydrogen (secondary N) is 1. The second-order valence-electron chi connectivity index (χ2n) is 4.77. The van der Waals surface area contributed by atoms with Crippen molar-refractivity contribution in [3.63, 3.8) is 0 Å². The fraction of sp³-hybridized carbons (Fsp3) is 0.125. The molecule has 0 unspecified atom stereocenters. The van der Waals surface area contributed by atoms with Crippen LogP contribution in [-0.4, -0.2) is 18.3 Å². The largest absolute Gasteiger partial charge is 0.480 e. The van der Waals surface area contributed by atoms with E-state index in [-0.39, 0.29) is 11.3 Å². The minimum Gasteiger partial charge on any atom is -0.480 e. The molecule has 0 radical (unpaired) electrons. The predicted molar refractivity (Wildman–Crippen MR) is 84.6 cm³/mol. The first kappa shape index (κ1) is 18.0. The average Bonchev–Trinajstić information content (AvgIpc) is 2.56. The van der Waals surface area contributed by atoms with Crippen LogP contribution in [0, 0.1) is 17.5 Å². The van der Waals surface area contributed by atoms with Crippen molar-refractivity contribution < 1.29 is 27.5 Å². The number of ether oxygens (including phenoxy) is 1. The van der Waals surface area contributed by atoms with Crippen molar-refractivity contribution in [3.05, 3.63) is 57.8 Å². The molecule has 1 N–H and O–H groups in total. The molecule has 1 amide bonds. The maximum absolute atomic E-state index is 13.6. The van der Waals surface area contributed by atoms with Crippen molar-refractivity contribution >= 4 is 33.8 Å². The first-order valence-corrected chi connectivity index (χ1v) is 7.48. The van der Waals surface area contributed by atoms with Crippen LogP contribution in [0.15, 0.2) is 34.8 Å². The lowest BCUT2D eigenvalue weighted by Crippen LogP contribution is -2.30. The highest BCUT2D eigenvalue weighted by molar-refractivity contribution is 9.10. The lowest BCUT2D eigenvalue weighted by Gasteiger charge is -2.16. The summed E-state index contributed by atoms with van der Waals surface area (Å²) in [5.74, 6) is -5.19. The van der Waals surface area contributed by atoms with Gasteiger partial charge in [-0.05, 0) is 37.3 Å². The molecule has 0 spiro atoms. The molecule has 0 aromatic heterocycles. The molecule has 2 aromatic carbocycles. The van der Waals surface area contributed by atoms with E-state index in [0.717, 1.165) is 6.07 Å². The van der Waals surface area contributed by atoms with Gasteiger partial charge in [0.1, 0.15) is 5.75 Å². The van der Waals surface area contributed by atoms with Crippen LogP contribution in [-0.2, 0) is 4.79 Å². The van der Waals surface area contributed by atoms with Crippen molar-refractivity contribution in [3.8, 4) is 5.75 Å². The van der Waals surface area contributed by atoms with Gasteiger partial charge in [0.2, 0.25) is 0 Å². The van der Waals surface area contributed by atoms with Crippen LogP contribution < -0.4 is 10.1 Å². The first-order valence-electron chi connectivity index (χ1n) is 6.69. The van der Waals surface area contributed by atoms with Gasteiger partial charge in [0.25, 0.3) is 5.91 Å². The highest BCUT2D eigenvalue weighted by atomic mass is 79.9. The number of carbonyl (C=O) groups is 2. The molecule has 0 aliphatic rings. The molecule has 0 saturated heterocycles. The Morgan fingerprint density at radius 3 is 2.58 bits per heavy atom. The fourth-order valence-corrected chi connectivity index (χ4v) is 2.20. The molecule has 2 aromatic rings. The Labute approximate surface area is 143 Å². The Hall–Kier alpha value is -2.35. The number of benzene rings is 2. The zero-order chi connectivity index (χ0) is 17.9. The van der Waals surface area contributed by atoms with Gasteiger partial charge in [0, 0.05) is 4.47 Å². The Morgan fingerprint density at radius 1 is 1.21 bits per heavy atom. The maximum atomic E-state index is 13.6. The molecule has 0 saturated carbocycles. The summed E-state index contributed by atoms with van der Waals surface area (Å²) in [5.41, 5.74) is -0.302. The minimum absolute atomic E-state index is 0.154. The number of carbonyl (C=O) groups excluding carboxylic acids is 2. The molecule has 126 valence electrons. The highest BCUT2D eigenvalue weighted by Crippen LogP contribution is 2.24. The summed E-state index contributed by atoms with van der Waals surface area (Å²) in [4.78, 5) is 23.0. The third-order valence-electron chi connectivity index (χ3n) is 3.06. The highest BCUT2D eigenvalue weighted by Gasteiger charge is 2.20. The second-order valence-corrected chi connectivity index (χ2v) is 5.69. The summed E-state index contributed by atoms with van der Waals surface area (Å²) in [7, 11) is 0. The lowest BCUT2D eigenvalue weighted by molar-refractivity contribution is -0.122. The van der Waals surface area contributed by atoms with Crippen LogP contribution in [0.3, 0.4) is 0 Å². The topological polar surface area (TPSA) is 55.4 Å². The van der Waals surface area contributed by atoms with Gasteiger partial charge in [-0.2, -0.15) is 0 Å². The van der Waals surface area contributed by atoms with Crippen molar-refractivity contribution in [2.45, 2.75) is 13.0 Å². The number of halogens is 4. The van der Waals surface area contributed by atoms with E-state index in [9.17, 15) is 22.8 Å². The lowest BCUT2D eigenvalue weighted by atomic mass is 10.2. The molecule has 8 heteroatoms. The van der Waals surface area contributed by atoms with Gasteiger partial charge in [-0.1, -0.05) is 15.9 Å². The molecule has 0 heterocycles. The molecule has 0 aliphatic carbocycles. The van der Waals surface area contributed by atoms with Gasteiger partial charge in [0.15, 0.2) is 29.8 Å². The Bertz CT molecular complexity index is 798. The Kier molecular flexibility index (Phi) is 5.61. The van der Waals surface area contributed by atoms with Gasteiger partial charge in [-0.3, -0.25) is 9.59 Å². The summed E-state index contributed by atoms with van der Waals surface area (Å²) in [5, 5.41) is 2.10. The number of hydrogen-bond acceptors (Lipinski definition) is 3. The summed E-state index contributed by atoms with van der Waals surface area (Å²) in [6, 6.07) is 6.19.